The van der Waals surface area contributed by atoms with Crippen molar-refractivity contribution in [1.29, 1.82) is 0 Å². The Morgan fingerprint density at radius 1 is 1.29 bits per heavy atom. The fourth-order valence-electron chi connectivity index (χ4n) is 1.80. The topological polar surface area (TPSA) is 50.4 Å². The van der Waals surface area contributed by atoms with Gasteiger partial charge in [0.1, 0.15) is 17.8 Å². The summed E-state index contributed by atoms with van der Waals surface area (Å²) in [6, 6.07) is 7.79. The number of fused-ring (bicyclic) bond motifs is 1. The van der Waals surface area contributed by atoms with E-state index in [2.05, 4.69) is 26.8 Å². The first-order valence-electron chi connectivity index (χ1n) is 5.61. The van der Waals surface area contributed by atoms with Crippen LogP contribution in [-0.2, 0) is 16.6 Å². The average Bonchev–Trinajstić information content (AvgIpc) is 2.55. The molecule has 1 aromatic carbocycles. The molecule has 2 rings (SSSR count). The van der Waals surface area contributed by atoms with Crippen LogP contribution in [0.3, 0.4) is 0 Å². The van der Waals surface area contributed by atoms with E-state index in [1.165, 1.54) is 5.56 Å². The fraction of sp³-hybridized carbons (Fsp3) is 0.357. The van der Waals surface area contributed by atoms with Gasteiger partial charge in [-0.1, -0.05) is 26.8 Å². The van der Waals surface area contributed by atoms with E-state index in [1.54, 1.807) is 6.07 Å². The molecule has 0 aliphatic carbocycles. The Morgan fingerprint density at radius 2 is 2.00 bits per heavy atom. The molecule has 90 valence electrons. The van der Waals surface area contributed by atoms with E-state index in [0.717, 1.165) is 11.0 Å². The van der Waals surface area contributed by atoms with Crippen LogP contribution in [0.15, 0.2) is 28.7 Å². The summed E-state index contributed by atoms with van der Waals surface area (Å²) in [7, 11) is 0. The predicted octanol–water partition coefficient (Wildman–Crippen LogP) is 3.36. The van der Waals surface area contributed by atoms with Crippen molar-refractivity contribution in [3.63, 3.8) is 0 Å². The second-order valence-electron chi connectivity index (χ2n) is 5.29. The highest BCUT2D eigenvalue weighted by Gasteiger charge is 2.15. The van der Waals surface area contributed by atoms with Gasteiger partial charge in [-0.25, -0.2) is 0 Å². The maximum atomic E-state index is 10.6. The number of aliphatic carboxylic acids is 1. The number of furan rings is 1. The number of rotatable bonds is 2. The number of carbonyl (C=O) groups is 1. The molecule has 3 nitrogen and oxygen atoms in total. The second kappa shape index (κ2) is 3.91. The van der Waals surface area contributed by atoms with Crippen molar-refractivity contribution < 1.29 is 14.3 Å². The largest absolute Gasteiger partial charge is 0.481 e. The molecule has 1 aromatic heterocycles. The summed E-state index contributed by atoms with van der Waals surface area (Å²) < 4.78 is 5.47. The van der Waals surface area contributed by atoms with Crippen LogP contribution in [0.25, 0.3) is 11.0 Å². The zero-order chi connectivity index (χ0) is 12.6. The van der Waals surface area contributed by atoms with Crippen LogP contribution in [0.5, 0.6) is 0 Å². The third-order valence-corrected chi connectivity index (χ3v) is 2.76. The Bertz CT molecular complexity index is 558. The summed E-state index contributed by atoms with van der Waals surface area (Å²) in [6.07, 6.45) is -0.0699. The first kappa shape index (κ1) is 11.7. The second-order valence-corrected chi connectivity index (χ2v) is 5.29. The first-order chi connectivity index (χ1) is 7.86. The van der Waals surface area contributed by atoms with Gasteiger partial charge in [-0.3, -0.25) is 4.79 Å². The van der Waals surface area contributed by atoms with Crippen molar-refractivity contribution in [3.05, 3.63) is 35.6 Å². The minimum atomic E-state index is -0.875. The van der Waals surface area contributed by atoms with Crippen molar-refractivity contribution in [2.24, 2.45) is 0 Å². The SMILES string of the molecule is CC(C)(C)c1ccc2oc(CC(=O)O)cc2c1. The van der Waals surface area contributed by atoms with Crippen molar-refractivity contribution in [2.45, 2.75) is 32.6 Å². The van der Waals surface area contributed by atoms with Crippen LogP contribution in [-0.4, -0.2) is 11.1 Å². The van der Waals surface area contributed by atoms with Crippen molar-refractivity contribution in [2.75, 3.05) is 0 Å². The zero-order valence-electron chi connectivity index (χ0n) is 10.3. The minimum Gasteiger partial charge on any atom is -0.481 e. The maximum absolute atomic E-state index is 10.6. The highest BCUT2D eigenvalue weighted by atomic mass is 16.4. The van der Waals surface area contributed by atoms with Crippen LogP contribution in [0.2, 0.25) is 0 Å². The summed E-state index contributed by atoms with van der Waals surface area (Å²) in [6.45, 7) is 6.44. The van der Waals surface area contributed by atoms with Crippen LogP contribution in [0, 0.1) is 0 Å². The molecule has 0 unspecified atom stereocenters. The zero-order valence-corrected chi connectivity index (χ0v) is 10.3. The Kier molecular flexibility index (Phi) is 2.69. The molecule has 1 heterocycles. The van der Waals surface area contributed by atoms with Gasteiger partial charge >= 0.3 is 5.97 Å². The lowest BCUT2D eigenvalue weighted by molar-refractivity contribution is -0.136. The van der Waals surface area contributed by atoms with Crippen LogP contribution < -0.4 is 0 Å². The lowest BCUT2D eigenvalue weighted by atomic mass is 9.86. The van der Waals surface area contributed by atoms with E-state index < -0.39 is 5.97 Å². The molecular weight excluding hydrogens is 216 g/mol. The molecular formula is C14H16O3. The molecule has 1 N–H and O–H groups in total. The van der Waals surface area contributed by atoms with E-state index in [9.17, 15) is 4.79 Å². The normalized spacial score (nSPS) is 11.9. The molecule has 0 fully saturated rings. The van der Waals surface area contributed by atoms with Crippen LogP contribution in [0.4, 0.5) is 0 Å². The summed E-state index contributed by atoms with van der Waals surface area (Å²) in [4.78, 5) is 10.6. The smallest absolute Gasteiger partial charge is 0.311 e. The van der Waals surface area contributed by atoms with Gasteiger partial charge in [0.05, 0.1) is 0 Å². The van der Waals surface area contributed by atoms with Gasteiger partial charge in [0.2, 0.25) is 0 Å². The van der Waals surface area contributed by atoms with Crippen molar-refractivity contribution >= 4 is 16.9 Å². The van der Waals surface area contributed by atoms with Gasteiger partial charge in [0.25, 0.3) is 0 Å². The molecule has 17 heavy (non-hydrogen) atoms. The van der Waals surface area contributed by atoms with Gasteiger partial charge in [-0.15, -0.1) is 0 Å². The molecule has 3 heteroatoms. The Hall–Kier alpha value is -1.77. The number of carboxylic acids is 1. The molecule has 0 radical (unpaired) electrons. The molecule has 0 saturated carbocycles. The van der Waals surface area contributed by atoms with E-state index in [4.69, 9.17) is 9.52 Å². The quantitative estimate of drug-likeness (QED) is 0.863. The highest BCUT2D eigenvalue weighted by Crippen LogP contribution is 2.27. The standard InChI is InChI=1S/C14H16O3/c1-14(2,3)10-4-5-12-9(6-10)7-11(17-12)8-13(15)16/h4-7H,8H2,1-3H3,(H,15,16). The molecule has 0 saturated heterocycles. The Balaban J connectivity index is 2.44. The Morgan fingerprint density at radius 3 is 2.59 bits per heavy atom. The highest BCUT2D eigenvalue weighted by molar-refractivity contribution is 5.80. The molecule has 0 aliphatic rings. The van der Waals surface area contributed by atoms with Gasteiger partial charge in [-0.05, 0) is 29.2 Å². The van der Waals surface area contributed by atoms with Gasteiger partial charge < -0.3 is 9.52 Å². The fourth-order valence-corrected chi connectivity index (χ4v) is 1.80. The number of carboxylic acid groups (broad SMARTS) is 1. The lowest BCUT2D eigenvalue weighted by Crippen LogP contribution is -2.10. The van der Waals surface area contributed by atoms with E-state index in [1.807, 2.05) is 12.1 Å². The predicted molar refractivity (Wildman–Crippen MR) is 66.3 cm³/mol. The van der Waals surface area contributed by atoms with Gasteiger partial charge in [0.15, 0.2) is 0 Å². The Labute approximate surface area is 100 Å². The monoisotopic (exact) mass is 232 g/mol. The number of benzene rings is 1. The van der Waals surface area contributed by atoms with Gasteiger partial charge in [-0.2, -0.15) is 0 Å². The van der Waals surface area contributed by atoms with Crippen molar-refractivity contribution in [1.82, 2.24) is 0 Å². The summed E-state index contributed by atoms with van der Waals surface area (Å²) >= 11 is 0. The summed E-state index contributed by atoms with van der Waals surface area (Å²) in [5.74, 6) is -0.376. The first-order valence-corrected chi connectivity index (χ1v) is 5.61. The molecule has 0 amide bonds. The molecule has 2 aromatic rings. The maximum Gasteiger partial charge on any atom is 0.311 e. The molecule has 0 aliphatic heterocycles. The van der Waals surface area contributed by atoms with Crippen LogP contribution >= 0.6 is 0 Å². The van der Waals surface area contributed by atoms with E-state index >= 15 is 0 Å². The molecule has 0 spiro atoms. The van der Waals surface area contributed by atoms with Crippen molar-refractivity contribution in [3.8, 4) is 0 Å². The van der Waals surface area contributed by atoms with E-state index in [0.29, 0.717) is 5.76 Å². The lowest BCUT2D eigenvalue weighted by Gasteiger charge is -2.18. The molecule has 0 atom stereocenters. The minimum absolute atomic E-state index is 0.0699. The average molecular weight is 232 g/mol. The summed E-state index contributed by atoms with van der Waals surface area (Å²) in [5, 5.41) is 9.68. The third-order valence-electron chi connectivity index (χ3n) is 2.76. The number of hydrogen-bond donors (Lipinski definition) is 1. The number of hydrogen-bond acceptors (Lipinski definition) is 2. The summed E-state index contributed by atoms with van der Waals surface area (Å²) in [5.41, 5.74) is 2.04. The molecule has 0 bridgehead atoms. The third kappa shape index (κ3) is 2.49. The van der Waals surface area contributed by atoms with Crippen LogP contribution in [0.1, 0.15) is 32.1 Å². The van der Waals surface area contributed by atoms with E-state index in [-0.39, 0.29) is 11.8 Å². The van der Waals surface area contributed by atoms with Gasteiger partial charge in [0, 0.05) is 5.39 Å².